The zero-order valence-corrected chi connectivity index (χ0v) is 13.2. The van der Waals surface area contributed by atoms with Crippen LogP contribution >= 0.6 is 11.8 Å². The number of carbonyl (C=O) groups is 1. The maximum absolute atomic E-state index is 10.7. The van der Waals surface area contributed by atoms with Crippen molar-refractivity contribution in [1.82, 2.24) is 14.8 Å². The molecule has 0 saturated heterocycles. The van der Waals surface area contributed by atoms with E-state index in [9.17, 15) is 4.79 Å². The summed E-state index contributed by atoms with van der Waals surface area (Å²) in [5.41, 5.74) is -0.127. The molecule has 0 unspecified atom stereocenters. The number of hydrogen-bond acceptors (Lipinski definition) is 4. The van der Waals surface area contributed by atoms with Crippen LogP contribution in [-0.4, -0.2) is 31.6 Å². The van der Waals surface area contributed by atoms with Crippen LogP contribution in [0, 0.1) is 5.92 Å². The molecule has 0 radical (unpaired) electrons. The highest BCUT2D eigenvalue weighted by Crippen LogP contribution is 2.31. The molecular formula is C14H23N3O2S. The van der Waals surface area contributed by atoms with Gasteiger partial charge in [0.2, 0.25) is 0 Å². The van der Waals surface area contributed by atoms with E-state index in [1.54, 1.807) is 0 Å². The lowest BCUT2D eigenvalue weighted by atomic mass is 10.0. The van der Waals surface area contributed by atoms with E-state index in [0.29, 0.717) is 11.1 Å². The Morgan fingerprint density at radius 1 is 1.35 bits per heavy atom. The largest absolute Gasteiger partial charge is 0.481 e. The van der Waals surface area contributed by atoms with Crippen molar-refractivity contribution in [2.45, 2.75) is 63.6 Å². The number of nitrogens with zero attached hydrogens (tertiary/aromatic N) is 3. The molecular weight excluding hydrogens is 274 g/mol. The van der Waals surface area contributed by atoms with Gasteiger partial charge in [-0.2, -0.15) is 0 Å². The molecule has 0 bridgehead atoms. The lowest BCUT2D eigenvalue weighted by molar-refractivity contribution is -0.133. The zero-order valence-electron chi connectivity index (χ0n) is 12.4. The molecule has 0 aliphatic heterocycles. The molecule has 112 valence electrons. The number of carboxylic acid groups (broad SMARTS) is 1. The van der Waals surface area contributed by atoms with Crippen LogP contribution < -0.4 is 0 Å². The molecule has 1 saturated carbocycles. The molecule has 5 nitrogen and oxygen atoms in total. The van der Waals surface area contributed by atoms with Crippen molar-refractivity contribution in [3.8, 4) is 0 Å². The molecule has 0 atom stereocenters. The second kappa shape index (κ2) is 6.16. The van der Waals surface area contributed by atoms with Gasteiger partial charge in [-0.1, -0.05) is 37.4 Å². The molecule has 1 aromatic heterocycles. The van der Waals surface area contributed by atoms with E-state index in [4.69, 9.17) is 5.11 Å². The summed E-state index contributed by atoms with van der Waals surface area (Å²) in [6, 6.07) is 0. The van der Waals surface area contributed by atoms with Gasteiger partial charge in [0, 0.05) is 12.0 Å². The molecule has 1 aliphatic rings. The Morgan fingerprint density at radius 3 is 2.55 bits per heavy atom. The van der Waals surface area contributed by atoms with Crippen LogP contribution in [0.3, 0.4) is 0 Å². The van der Waals surface area contributed by atoms with Gasteiger partial charge in [-0.25, -0.2) is 0 Å². The maximum atomic E-state index is 10.7. The fraction of sp³-hybridized carbons (Fsp3) is 0.786. The molecule has 6 heteroatoms. The van der Waals surface area contributed by atoms with Crippen LogP contribution in [0.25, 0.3) is 0 Å². The minimum Gasteiger partial charge on any atom is -0.481 e. The summed E-state index contributed by atoms with van der Waals surface area (Å²) in [6.07, 6.45) is 6.13. The first-order chi connectivity index (χ1) is 9.38. The summed E-state index contributed by atoms with van der Waals surface area (Å²) >= 11 is 1.25. The fourth-order valence-corrected chi connectivity index (χ4v) is 3.66. The van der Waals surface area contributed by atoms with Crippen LogP contribution in [0.15, 0.2) is 5.16 Å². The van der Waals surface area contributed by atoms with Gasteiger partial charge in [-0.3, -0.25) is 4.79 Å². The maximum Gasteiger partial charge on any atom is 0.313 e. The van der Waals surface area contributed by atoms with E-state index < -0.39 is 5.97 Å². The van der Waals surface area contributed by atoms with Crippen LogP contribution in [0.5, 0.6) is 0 Å². The van der Waals surface area contributed by atoms with E-state index >= 15 is 0 Å². The van der Waals surface area contributed by atoms with Gasteiger partial charge in [-0.15, -0.1) is 10.2 Å². The zero-order chi connectivity index (χ0) is 14.8. The van der Waals surface area contributed by atoms with E-state index in [1.165, 1.54) is 37.4 Å². The SMILES string of the molecule is CC(C)(C)n1c(CC2CCCC2)nnc1SCC(=O)O. The normalized spacial score (nSPS) is 16.8. The monoisotopic (exact) mass is 297 g/mol. The van der Waals surface area contributed by atoms with Crippen molar-refractivity contribution in [2.75, 3.05) is 5.75 Å². The third-order valence-electron chi connectivity index (χ3n) is 3.64. The second-order valence-electron chi connectivity index (χ2n) is 6.44. The summed E-state index contributed by atoms with van der Waals surface area (Å²) in [6.45, 7) is 6.33. The Kier molecular flexibility index (Phi) is 4.73. The molecule has 1 aromatic rings. The van der Waals surface area contributed by atoms with Crippen molar-refractivity contribution in [3.63, 3.8) is 0 Å². The van der Waals surface area contributed by atoms with Gasteiger partial charge < -0.3 is 9.67 Å². The molecule has 0 amide bonds. The lowest BCUT2D eigenvalue weighted by Gasteiger charge is -2.25. The Morgan fingerprint density at radius 2 is 2.00 bits per heavy atom. The molecule has 1 heterocycles. The van der Waals surface area contributed by atoms with E-state index in [1.807, 2.05) is 0 Å². The van der Waals surface area contributed by atoms with Crippen molar-refractivity contribution >= 4 is 17.7 Å². The third-order valence-corrected chi connectivity index (χ3v) is 4.56. The van der Waals surface area contributed by atoms with Gasteiger partial charge in [0.05, 0.1) is 5.75 Å². The second-order valence-corrected chi connectivity index (χ2v) is 7.38. The van der Waals surface area contributed by atoms with Gasteiger partial charge in [0.15, 0.2) is 5.16 Å². The average molecular weight is 297 g/mol. The average Bonchev–Trinajstić information content (AvgIpc) is 2.95. The quantitative estimate of drug-likeness (QED) is 0.846. The standard InChI is InChI=1S/C14H23N3O2S/c1-14(2,3)17-11(8-10-6-4-5-7-10)15-16-13(17)20-9-12(18)19/h10H,4-9H2,1-3H3,(H,18,19). The van der Waals surface area contributed by atoms with Crippen molar-refractivity contribution in [3.05, 3.63) is 5.82 Å². The summed E-state index contributed by atoms with van der Waals surface area (Å²) in [5, 5.41) is 18.1. The Labute approximate surface area is 124 Å². The van der Waals surface area contributed by atoms with Crippen molar-refractivity contribution < 1.29 is 9.90 Å². The Bertz CT molecular complexity index is 473. The van der Waals surface area contributed by atoms with Crippen LogP contribution in [0.4, 0.5) is 0 Å². The highest BCUT2D eigenvalue weighted by atomic mass is 32.2. The smallest absolute Gasteiger partial charge is 0.313 e. The number of hydrogen-bond donors (Lipinski definition) is 1. The lowest BCUT2D eigenvalue weighted by Crippen LogP contribution is -2.26. The number of aliphatic carboxylic acids is 1. The highest BCUT2D eigenvalue weighted by molar-refractivity contribution is 7.99. The highest BCUT2D eigenvalue weighted by Gasteiger charge is 2.26. The van der Waals surface area contributed by atoms with Crippen LogP contribution in [0.2, 0.25) is 0 Å². The van der Waals surface area contributed by atoms with E-state index in [-0.39, 0.29) is 11.3 Å². The summed E-state index contributed by atoms with van der Waals surface area (Å²) < 4.78 is 2.11. The van der Waals surface area contributed by atoms with Gasteiger partial charge >= 0.3 is 5.97 Å². The number of carboxylic acids is 1. The number of thioether (sulfide) groups is 1. The Hall–Kier alpha value is -1.04. The van der Waals surface area contributed by atoms with Crippen molar-refractivity contribution in [1.29, 1.82) is 0 Å². The minimum absolute atomic E-state index is 0.0254. The van der Waals surface area contributed by atoms with Crippen molar-refractivity contribution in [2.24, 2.45) is 5.92 Å². The van der Waals surface area contributed by atoms with Gasteiger partial charge in [0.1, 0.15) is 5.82 Å². The van der Waals surface area contributed by atoms with Crippen LogP contribution in [0.1, 0.15) is 52.3 Å². The van der Waals surface area contributed by atoms with Gasteiger partial charge in [0.25, 0.3) is 0 Å². The molecule has 1 N–H and O–H groups in total. The third kappa shape index (κ3) is 3.75. The first-order valence-corrected chi connectivity index (χ1v) is 8.16. The first kappa shape index (κ1) is 15.4. The molecule has 1 fully saturated rings. The van der Waals surface area contributed by atoms with Gasteiger partial charge in [-0.05, 0) is 26.7 Å². The first-order valence-electron chi connectivity index (χ1n) is 7.17. The minimum atomic E-state index is -0.823. The predicted octanol–water partition coefficient (Wildman–Crippen LogP) is 2.94. The summed E-state index contributed by atoms with van der Waals surface area (Å²) in [7, 11) is 0. The fourth-order valence-electron chi connectivity index (χ4n) is 2.80. The van der Waals surface area contributed by atoms with E-state index in [0.717, 1.165) is 12.2 Å². The molecule has 1 aliphatic carbocycles. The molecule has 2 rings (SSSR count). The summed E-state index contributed by atoms with van der Waals surface area (Å²) in [4.78, 5) is 10.7. The summed E-state index contributed by atoms with van der Waals surface area (Å²) in [5.74, 6) is 0.906. The molecule has 20 heavy (non-hydrogen) atoms. The van der Waals surface area contributed by atoms with E-state index in [2.05, 4.69) is 35.5 Å². The molecule has 0 aromatic carbocycles. The predicted molar refractivity (Wildman–Crippen MR) is 79.0 cm³/mol. The number of aromatic nitrogens is 3. The molecule has 0 spiro atoms. The number of rotatable bonds is 5. The van der Waals surface area contributed by atoms with Crippen LogP contribution in [-0.2, 0) is 16.8 Å². The Balaban J connectivity index is 2.20. The topological polar surface area (TPSA) is 68.0 Å².